The topological polar surface area (TPSA) is 69.7 Å². The predicted octanol–water partition coefficient (Wildman–Crippen LogP) is 2.79. The summed E-state index contributed by atoms with van der Waals surface area (Å²) in [5.74, 6) is 0.400. The van der Waals surface area contributed by atoms with Crippen LogP contribution < -0.4 is 5.32 Å². The minimum Gasteiger partial charge on any atom is -0.355 e. The number of amides is 1. The van der Waals surface area contributed by atoms with Gasteiger partial charge in [0.2, 0.25) is 5.91 Å². The van der Waals surface area contributed by atoms with E-state index >= 15 is 0 Å². The first-order chi connectivity index (χ1) is 13.3. The molecular formula is C20H30ClN3O3S. The van der Waals surface area contributed by atoms with E-state index in [0.29, 0.717) is 30.6 Å². The highest BCUT2D eigenvalue weighted by atomic mass is 35.5. The molecule has 0 radical (unpaired) electrons. The minimum atomic E-state index is -3.35. The summed E-state index contributed by atoms with van der Waals surface area (Å²) in [6, 6.07) is 7.64. The number of hydrogen-bond acceptors (Lipinski definition) is 3. The standard InChI is InChI=1S/C20H30ClN3O3S/c1-23(2)28(26,27)24-13-9-16(10-14-24)15-22-19(25)20(11-3-4-12-20)17-5-7-18(21)8-6-17/h5-8,16H,3-4,9-15H2,1-2H3,(H,22,25). The minimum absolute atomic E-state index is 0.0932. The highest BCUT2D eigenvalue weighted by molar-refractivity contribution is 7.86. The number of hydrogen-bond donors (Lipinski definition) is 1. The van der Waals surface area contributed by atoms with Gasteiger partial charge in [-0.3, -0.25) is 4.79 Å². The summed E-state index contributed by atoms with van der Waals surface area (Å²) in [4.78, 5) is 13.2. The second-order valence-corrected chi connectivity index (χ2v) is 10.7. The fourth-order valence-electron chi connectivity index (χ4n) is 4.38. The number of carbonyl (C=O) groups excluding carboxylic acids is 1. The van der Waals surface area contributed by atoms with Gasteiger partial charge in [-0.15, -0.1) is 0 Å². The lowest BCUT2D eigenvalue weighted by atomic mass is 9.78. The quantitative estimate of drug-likeness (QED) is 0.758. The summed E-state index contributed by atoms with van der Waals surface area (Å²) >= 11 is 6.02. The van der Waals surface area contributed by atoms with E-state index < -0.39 is 15.6 Å². The largest absolute Gasteiger partial charge is 0.355 e. The number of piperidine rings is 1. The average molecular weight is 428 g/mol. The molecule has 0 spiro atoms. The zero-order valence-electron chi connectivity index (χ0n) is 16.7. The van der Waals surface area contributed by atoms with Crippen LogP contribution in [0, 0.1) is 5.92 Å². The maximum Gasteiger partial charge on any atom is 0.281 e. The van der Waals surface area contributed by atoms with Crippen LogP contribution in [-0.4, -0.2) is 56.7 Å². The van der Waals surface area contributed by atoms with Crippen LogP contribution in [-0.2, 0) is 20.4 Å². The molecule has 6 nitrogen and oxygen atoms in total. The molecule has 1 heterocycles. The monoisotopic (exact) mass is 427 g/mol. The fourth-order valence-corrected chi connectivity index (χ4v) is 5.64. The summed E-state index contributed by atoms with van der Waals surface area (Å²) in [6.07, 6.45) is 5.36. The summed E-state index contributed by atoms with van der Waals surface area (Å²) in [6.45, 7) is 1.61. The van der Waals surface area contributed by atoms with Crippen molar-refractivity contribution in [2.75, 3.05) is 33.7 Å². The lowest BCUT2D eigenvalue weighted by Crippen LogP contribution is -2.48. The van der Waals surface area contributed by atoms with Crippen LogP contribution >= 0.6 is 11.6 Å². The normalized spacial score (nSPS) is 21.1. The molecule has 28 heavy (non-hydrogen) atoms. The van der Waals surface area contributed by atoms with Crippen LogP contribution in [0.5, 0.6) is 0 Å². The molecule has 1 N–H and O–H groups in total. The predicted molar refractivity (Wildman–Crippen MR) is 112 cm³/mol. The summed E-state index contributed by atoms with van der Waals surface area (Å²) < 4.78 is 27.2. The van der Waals surface area contributed by atoms with Gasteiger partial charge < -0.3 is 5.32 Å². The van der Waals surface area contributed by atoms with E-state index in [1.807, 2.05) is 24.3 Å². The van der Waals surface area contributed by atoms with Gasteiger partial charge >= 0.3 is 0 Å². The highest BCUT2D eigenvalue weighted by Gasteiger charge is 2.42. The summed E-state index contributed by atoms with van der Waals surface area (Å²) in [7, 11) is -0.239. The van der Waals surface area contributed by atoms with Gasteiger partial charge in [-0.1, -0.05) is 36.6 Å². The van der Waals surface area contributed by atoms with Gasteiger partial charge in [0.05, 0.1) is 5.41 Å². The zero-order chi connectivity index (χ0) is 20.4. The molecule has 8 heteroatoms. The molecule has 1 amide bonds. The number of halogens is 1. The Hall–Kier alpha value is -1.15. The molecule has 0 aromatic heterocycles. The molecule has 1 aromatic rings. The Morgan fingerprint density at radius 2 is 1.75 bits per heavy atom. The first kappa shape index (κ1) is 21.6. The van der Waals surface area contributed by atoms with Crippen molar-refractivity contribution in [3.8, 4) is 0 Å². The second-order valence-electron chi connectivity index (χ2n) is 8.14. The van der Waals surface area contributed by atoms with E-state index in [2.05, 4.69) is 5.32 Å². The number of carbonyl (C=O) groups is 1. The zero-order valence-corrected chi connectivity index (χ0v) is 18.2. The number of nitrogens with one attached hydrogen (secondary N) is 1. The highest BCUT2D eigenvalue weighted by Crippen LogP contribution is 2.41. The lowest BCUT2D eigenvalue weighted by Gasteiger charge is -2.34. The van der Waals surface area contributed by atoms with Gasteiger partial charge in [-0.25, -0.2) is 0 Å². The fraction of sp³-hybridized carbons (Fsp3) is 0.650. The first-order valence-corrected chi connectivity index (χ1v) is 11.8. The van der Waals surface area contributed by atoms with E-state index in [0.717, 1.165) is 44.1 Å². The number of benzene rings is 1. The third-order valence-electron chi connectivity index (χ3n) is 6.20. The SMILES string of the molecule is CN(C)S(=O)(=O)N1CCC(CNC(=O)C2(c3ccc(Cl)cc3)CCCC2)CC1. The van der Waals surface area contributed by atoms with Crippen LogP contribution in [0.2, 0.25) is 5.02 Å². The van der Waals surface area contributed by atoms with Gasteiger partial charge in [0.1, 0.15) is 0 Å². The molecular weight excluding hydrogens is 398 g/mol. The van der Waals surface area contributed by atoms with Gasteiger partial charge in [-0.2, -0.15) is 17.0 Å². The Morgan fingerprint density at radius 1 is 1.18 bits per heavy atom. The van der Waals surface area contributed by atoms with Crippen LogP contribution in [0.15, 0.2) is 24.3 Å². The van der Waals surface area contributed by atoms with Crippen molar-refractivity contribution in [1.29, 1.82) is 0 Å². The molecule has 1 aliphatic heterocycles. The Labute approximate surface area is 173 Å². The van der Waals surface area contributed by atoms with Crippen molar-refractivity contribution in [2.24, 2.45) is 5.92 Å². The molecule has 1 saturated heterocycles. The first-order valence-electron chi connectivity index (χ1n) is 9.98. The van der Waals surface area contributed by atoms with E-state index in [1.165, 1.54) is 8.61 Å². The summed E-state index contributed by atoms with van der Waals surface area (Å²) in [5, 5.41) is 3.85. The van der Waals surface area contributed by atoms with E-state index in [1.54, 1.807) is 14.1 Å². The van der Waals surface area contributed by atoms with Crippen molar-refractivity contribution < 1.29 is 13.2 Å². The average Bonchev–Trinajstić information content (AvgIpc) is 3.18. The number of rotatable bonds is 6. The van der Waals surface area contributed by atoms with Crippen molar-refractivity contribution >= 4 is 27.7 Å². The van der Waals surface area contributed by atoms with Crippen LogP contribution in [0.3, 0.4) is 0 Å². The van der Waals surface area contributed by atoms with Gasteiger partial charge in [0.25, 0.3) is 10.2 Å². The van der Waals surface area contributed by atoms with Crippen LogP contribution in [0.1, 0.15) is 44.1 Å². The van der Waals surface area contributed by atoms with Crippen molar-refractivity contribution in [2.45, 2.75) is 43.9 Å². The molecule has 1 aromatic carbocycles. The van der Waals surface area contributed by atoms with Crippen LogP contribution in [0.4, 0.5) is 0 Å². The van der Waals surface area contributed by atoms with Crippen molar-refractivity contribution in [1.82, 2.24) is 13.9 Å². The molecule has 2 aliphatic rings. The van der Waals surface area contributed by atoms with Crippen molar-refractivity contribution in [3.05, 3.63) is 34.9 Å². The second kappa shape index (κ2) is 8.69. The smallest absolute Gasteiger partial charge is 0.281 e. The molecule has 1 aliphatic carbocycles. The number of nitrogens with zero attached hydrogens (tertiary/aromatic N) is 2. The Bertz CT molecular complexity index is 781. The molecule has 0 unspecified atom stereocenters. The molecule has 3 rings (SSSR count). The third kappa shape index (κ3) is 4.37. The van der Waals surface area contributed by atoms with Crippen LogP contribution in [0.25, 0.3) is 0 Å². The Kier molecular flexibility index (Phi) is 6.69. The van der Waals surface area contributed by atoms with Crippen molar-refractivity contribution in [3.63, 3.8) is 0 Å². The maximum atomic E-state index is 13.2. The molecule has 0 bridgehead atoms. The molecule has 0 atom stereocenters. The van der Waals surface area contributed by atoms with E-state index in [9.17, 15) is 13.2 Å². The van der Waals surface area contributed by atoms with Gasteiger partial charge in [0, 0.05) is 38.8 Å². The van der Waals surface area contributed by atoms with E-state index in [-0.39, 0.29) is 5.91 Å². The van der Waals surface area contributed by atoms with E-state index in [4.69, 9.17) is 11.6 Å². The molecule has 156 valence electrons. The maximum absolute atomic E-state index is 13.2. The Balaban J connectivity index is 1.58. The molecule has 2 fully saturated rings. The molecule has 1 saturated carbocycles. The summed E-state index contributed by atoms with van der Waals surface area (Å²) in [5.41, 5.74) is 0.582. The van der Waals surface area contributed by atoms with Gasteiger partial charge in [-0.05, 0) is 49.3 Å². The Morgan fingerprint density at radius 3 is 2.29 bits per heavy atom. The van der Waals surface area contributed by atoms with Gasteiger partial charge in [0.15, 0.2) is 0 Å². The lowest BCUT2D eigenvalue weighted by molar-refractivity contribution is -0.126. The third-order valence-corrected chi connectivity index (χ3v) is 8.39.